The Kier molecular flexibility index (Phi) is 1.96. The van der Waals surface area contributed by atoms with Crippen LogP contribution in [0.1, 0.15) is 12.0 Å². The highest BCUT2D eigenvalue weighted by Crippen LogP contribution is 2.14. The third-order valence-electron chi connectivity index (χ3n) is 1.80. The third-order valence-corrected chi connectivity index (χ3v) is 1.80. The molecule has 1 aliphatic heterocycles. The van der Waals surface area contributed by atoms with Gasteiger partial charge in [0, 0.05) is 18.1 Å². The lowest BCUT2D eigenvalue weighted by Crippen LogP contribution is -1.98. The summed E-state index contributed by atoms with van der Waals surface area (Å²) < 4.78 is 25.5. The zero-order valence-electron chi connectivity index (χ0n) is 6.76. The van der Waals surface area contributed by atoms with E-state index >= 15 is 0 Å². The van der Waals surface area contributed by atoms with E-state index in [9.17, 15) is 8.78 Å². The molecule has 13 heavy (non-hydrogen) atoms. The molecule has 4 heteroatoms. The van der Waals surface area contributed by atoms with Crippen molar-refractivity contribution >= 4 is 5.71 Å². The average molecular weight is 183 g/mol. The molecule has 2 nitrogen and oxygen atoms in total. The van der Waals surface area contributed by atoms with Gasteiger partial charge in [0.05, 0.1) is 5.71 Å². The van der Waals surface area contributed by atoms with Gasteiger partial charge in [0.2, 0.25) is 0 Å². The lowest BCUT2D eigenvalue weighted by molar-refractivity contribution is 0.174. The summed E-state index contributed by atoms with van der Waals surface area (Å²) in [7, 11) is 0. The molecule has 0 atom stereocenters. The Morgan fingerprint density at radius 1 is 1.15 bits per heavy atom. The van der Waals surface area contributed by atoms with Crippen molar-refractivity contribution in [3.05, 3.63) is 35.4 Å². The van der Waals surface area contributed by atoms with Gasteiger partial charge in [0.15, 0.2) is 0 Å². The second-order valence-corrected chi connectivity index (χ2v) is 2.78. The van der Waals surface area contributed by atoms with Crippen molar-refractivity contribution in [2.45, 2.75) is 6.42 Å². The van der Waals surface area contributed by atoms with Gasteiger partial charge in [-0.05, 0) is 12.1 Å². The van der Waals surface area contributed by atoms with Crippen LogP contribution in [0.5, 0.6) is 0 Å². The van der Waals surface area contributed by atoms with Crippen LogP contribution in [0.4, 0.5) is 8.78 Å². The second kappa shape index (κ2) is 3.12. The van der Waals surface area contributed by atoms with Crippen LogP contribution in [0.2, 0.25) is 0 Å². The topological polar surface area (TPSA) is 21.6 Å². The maximum Gasteiger partial charge on any atom is 0.126 e. The number of hydrogen-bond acceptors (Lipinski definition) is 2. The molecule has 0 radical (unpaired) electrons. The Hall–Kier alpha value is -1.45. The molecule has 0 unspecified atom stereocenters. The minimum Gasteiger partial charge on any atom is -0.395 e. The fourth-order valence-corrected chi connectivity index (χ4v) is 1.23. The molecule has 0 amide bonds. The monoisotopic (exact) mass is 183 g/mol. The molecule has 68 valence electrons. The quantitative estimate of drug-likeness (QED) is 0.653. The Bertz CT molecular complexity index is 342. The maximum absolute atomic E-state index is 12.7. The fourth-order valence-electron chi connectivity index (χ4n) is 1.23. The zero-order chi connectivity index (χ0) is 9.26. The first-order chi connectivity index (χ1) is 6.25. The molecule has 1 aromatic carbocycles. The van der Waals surface area contributed by atoms with E-state index in [0.29, 0.717) is 24.3 Å². The van der Waals surface area contributed by atoms with Crippen molar-refractivity contribution in [3.63, 3.8) is 0 Å². The van der Waals surface area contributed by atoms with Crippen LogP contribution < -0.4 is 0 Å². The van der Waals surface area contributed by atoms with Crippen LogP contribution >= 0.6 is 0 Å². The molecule has 0 aliphatic carbocycles. The lowest BCUT2D eigenvalue weighted by atomic mass is 10.1. The predicted octanol–water partition coefficient (Wildman–Crippen LogP) is 2.09. The Balaban J connectivity index is 2.39. The standard InChI is InChI=1S/C9H7F2NO/c10-7-3-6(4-8(11)5-7)9-1-2-13-12-9/h3-5H,1-2H2. The highest BCUT2D eigenvalue weighted by Gasteiger charge is 2.12. The molecular formula is C9H7F2NO. The minimum absolute atomic E-state index is 0.454. The molecule has 0 saturated carbocycles. The first kappa shape index (κ1) is 8.16. The highest BCUT2D eigenvalue weighted by atomic mass is 19.1. The van der Waals surface area contributed by atoms with Crippen molar-refractivity contribution in [3.8, 4) is 0 Å². The number of benzene rings is 1. The minimum atomic E-state index is -0.593. The van der Waals surface area contributed by atoms with E-state index in [1.807, 2.05) is 0 Å². The van der Waals surface area contributed by atoms with E-state index in [1.54, 1.807) is 0 Å². The van der Waals surface area contributed by atoms with E-state index in [2.05, 4.69) is 5.16 Å². The number of nitrogens with zero attached hydrogens (tertiary/aromatic N) is 1. The van der Waals surface area contributed by atoms with Gasteiger partial charge in [-0.2, -0.15) is 0 Å². The van der Waals surface area contributed by atoms with Crippen LogP contribution in [-0.4, -0.2) is 12.3 Å². The number of rotatable bonds is 1. The Morgan fingerprint density at radius 2 is 1.85 bits per heavy atom. The Morgan fingerprint density at radius 3 is 2.38 bits per heavy atom. The van der Waals surface area contributed by atoms with E-state index in [1.165, 1.54) is 12.1 Å². The summed E-state index contributed by atoms with van der Waals surface area (Å²) in [6.07, 6.45) is 0.600. The summed E-state index contributed by atoms with van der Waals surface area (Å²) in [6, 6.07) is 3.33. The van der Waals surface area contributed by atoms with Crippen LogP contribution in [0.15, 0.2) is 23.4 Å². The molecule has 0 bridgehead atoms. The summed E-state index contributed by atoms with van der Waals surface area (Å²) in [4.78, 5) is 4.73. The largest absolute Gasteiger partial charge is 0.395 e. The predicted molar refractivity (Wildman–Crippen MR) is 43.5 cm³/mol. The van der Waals surface area contributed by atoms with E-state index < -0.39 is 11.6 Å². The molecule has 0 aromatic heterocycles. The molecule has 0 N–H and O–H groups in total. The first-order valence-electron chi connectivity index (χ1n) is 3.91. The van der Waals surface area contributed by atoms with Crippen molar-refractivity contribution in [2.75, 3.05) is 6.61 Å². The van der Waals surface area contributed by atoms with Crippen LogP contribution in [-0.2, 0) is 4.84 Å². The van der Waals surface area contributed by atoms with Crippen LogP contribution in [0.3, 0.4) is 0 Å². The summed E-state index contributed by atoms with van der Waals surface area (Å²) in [5, 5.41) is 3.67. The van der Waals surface area contributed by atoms with Crippen molar-refractivity contribution < 1.29 is 13.6 Å². The van der Waals surface area contributed by atoms with Gasteiger partial charge in [0.1, 0.15) is 18.2 Å². The van der Waals surface area contributed by atoms with Crippen LogP contribution in [0, 0.1) is 11.6 Å². The summed E-state index contributed by atoms with van der Waals surface area (Å²) in [5.41, 5.74) is 1.05. The molecule has 1 aromatic rings. The maximum atomic E-state index is 12.7. The van der Waals surface area contributed by atoms with Gasteiger partial charge >= 0.3 is 0 Å². The summed E-state index contributed by atoms with van der Waals surface area (Å²) in [6.45, 7) is 0.480. The van der Waals surface area contributed by atoms with E-state index in [4.69, 9.17) is 4.84 Å². The number of oxime groups is 1. The normalized spacial score (nSPS) is 15.4. The van der Waals surface area contributed by atoms with Gasteiger partial charge in [-0.15, -0.1) is 0 Å². The molecule has 1 aliphatic rings. The second-order valence-electron chi connectivity index (χ2n) is 2.78. The van der Waals surface area contributed by atoms with Gasteiger partial charge < -0.3 is 4.84 Å². The fraction of sp³-hybridized carbons (Fsp3) is 0.222. The average Bonchev–Trinajstić information content (AvgIpc) is 2.53. The van der Waals surface area contributed by atoms with Gasteiger partial charge in [-0.25, -0.2) is 8.78 Å². The highest BCUT2D eigenvalue weighted by molar-refractivity contribution is 6.00. The molecule has 2 rings (SSSR count). The van der Waals surface area contributed by atoms with Gasteiger partial charge in [0.25, 0.3) is 0 Å². The summed E-state index contributed by atoms with van der Waals surface area (Å²) in [5.74, 6) is -1.19. The third kappa shape index (κ3) is 1.66. The van der Waals surface area contributed by atoms with Gasteiger partial charge in [-0.1, -0.05) is 5.16 Å². The molecule has 0 saturated heterocycles. The SMILES string of the molecule is Fc1cc(F)cc(C2=NOCC2)c1. The number of hydrogen-bond donors (Lipinski definition) is 0. The Labute approximate surface area is 73.8 Å². The molecule has 1 heterocycles. The lowest BCUT2D eigenvalue weighted by Gasteiger charge is -1.98. The summed E-state index contributed by atoms with van der Waals surface area (Å²) >= 11 is 0. The van der Waals surface area contributed by atoms with Gasteiger partial charge in [-0.3, -0.25) is 0 Å². The molecule has 0 fully saturated rings. The van der Waals surface area contributed by atoms with E-state index in [-0.39, 0.29) is 0 Å². The van der Waals surface area contributed by atoms with Crippen molar-refractivity contribution in [1.82, 2.24) is 0 Å². The molecule has 0 spiro atoms. The van der Waals surface area contributed by atoms with Crippen molar-refractivity contribution in [1.29, 1.82) is 0 Å². The zero-order valence-corrected chi connectivity index (χ0v) is 6.76. The van der Waals surface area contributed by atoms with Crippen molar-refractivity contribution in [2.24, 2.45) is 5.16 Å². The smallest absolute Gasteiger partial charge is 0.126 e. The van der Waals surface area contributed by atoms with Crippen LogP contribution in [0.25, 0.3) is 0 Å². The molecular weight excluding hydrogens is 176 g/mol. The first-order valence-corrected chi connectivity index (χ1v) is 3.91. The number of halogens is 2. The van der Waals surface area contributed by atoms with E-state index in [0.717, 1.165) is 6.07 Å².